The highest BCUT2D eigenvalue weighted by atomic mass is 16.5. The maximum atomic E-state index is 9.54. The Morgan fingerprint density at radius 2 is 1.36 bits per heavy atom. The Hall–Kier alpha value is -3.40. The lowest BCUT2D eigenvalue weighted by atomic mass is 10.1. The highest BCUT2D eigenvalue weighted by Crippen LogP contribution is 2.30. The lowest BCUT2D eigenvalue weighted by Crippen LogP contribution is -1.88. The van der Waals surface area contributed by atoms with Crippen molar-refractivity contribution in [3.63, 3.8) is 0 Å². The summed E-state index contributed by atoms with van der Waals surface area (Å²) < 4.78 is 11.2. The van der Waals surface area contributed by atoms with E-state index in [9.17, 15) is 10.2 Å². The van der Waals surface area contributed by atoms with Gasteiger partial charge in [-0.2, -0.15) is 0 Å². The second-order valence-corrected chi connectivity index (χ2v) is 5.39. The van der Waals surface area contributed by atoms with Crippen molar-refractivity contribution in [2.75, 3.05) is 7.11 Å². The predicted molar refractivity (Wildman–Crippen MR) is 98.2 cm³/mol. The largest absolute Gasteiger partial charge is 0.508 e. The molecular weight excluding hydrogens is 316 g/mol. The van der Waals surface area contributed by atoms with Crippen LogP contribution in [0.3, 0.4) is 0 Å². The number of phenolic OH excluding ortho intramolecular Hbond substituents is 2. The van der Waals surface area contributed by atoms with Crippen LogP contribution in [0.15, 0.2) is 66.7 Å². The molecule has 0 radical (unpaired) electrons. The fourth-order valence-electron chi connectivity index (χ4n) is 2.37. The molecule has 3 aromatic rings. The first-order chi connectivity index (χ1) is 12.2. The van der Waals surface area contributed by atoms with Crippen LogP contribution < -0.4 is 9.47 Å². The quantitative estimate of drug-likeness (QED) is 0.640. The van der Waals surface area contributed by atoms with E-state index in [1.807, 2.05) is 36.4 Å². The maximum Gasteiger partial charge on any atom is 0.134 e. The molecule has 0 fully saturated rings. The van der Waals surface area contributed by atoms with E-state index in [1.54, 1.807) is 49.6 Å². The smallest absolute Gasteiger partial charge is 0.134 e. The minimum Gasteiger partial charge on any atom is -0.508 e. The van der Waals surface area contributed by atoms with Gasteiger partial charge < -0.3 is 19.7 Å². The summed E-state index contributed by atoms with van der Waals surface area (Å²) in [6.07, 6.45) is 3.82. The summed E-state index contributed by atoms with van der Waals surface area (Å²) >= 11 is 0. The third kappa shape index (κ3) is 4.12. The van der Waals surface area contributed by atoms with Gasteiger partial charge in [-0.1, -0.05) is 30.4 Å². The lowest BCUT2D eigenvalue weighted by molar-refractivity contribution is 0.407. The fraction of sp³-hybridized carbons (Fsp3) is 0.0476. The number of ether oxygens (including phenoxy) is 2. The minimum atomic E-state index is 0.157. The van der Waals surface area contributed by atoms with E-state index in [2.05, 4.69) is 0 Å². The Bertz CT molecular complexity index is 883. The van der Waals surface area contributed by atoms with E-state index in [1.165, 1.54) is 0 Å². The van der Waals surface area contributed by atoms with Gasteiger partial charge in [0, 0.05) is 17.2 Å². The third-order valence-electron chi connectivity index (χ3n) is 3.64. The van der Waals surface area contributed by atoms with Gasteiger partial charge in [0.05, 0.1) is 7.11 Å². The SMILES string of the molecule is COc1cc(O)ccc1/C=C\c1ccccc1Oc1ccc(O)cc1. The van der Waals surface area contributed by atoms with Crippen molar-refractivity contribution in [3.8, 4) is 28.7 Å². The van der Waals surface area contributed by atoms with E-state index < -0.39 is 0 Å². The Morgan fingerprint density at radius 3 is 2.08 bits per heavy atom. The van der Waals surface area contributed by atoms with Crippen molar-refractivity contribution in [1.82, 2.24) is 0 Å². The first-order valence-corrected chi connectivity index (χ1v) is 7.77. The molecule has 3 rings (SSSR count). The lowest BCUT2D eigenvalue weighted by Gasteiger charge is -2.09. The number of methoxy groups -OCH3 is 1. The molecule has 0 aliphatic heterocycles. The molecule has 0 aliphatic carbocycles. The second kappa shape index (κ2) is 7.45. The molecule has 0 atom stereocenters. The number of rotatable bonds is 5. The summed E-state index contributed by atoms with van der Waals surface area (Å²) in [5, 5.41) is 18.9. The number of hydrogen-bond acceptors (Lipinski definition) is 4. The van der Waals surface area contributed by atoms with Gasteiger partial charge in [-0.15, -0.1) is 0 Å². The first-order valence-electron chi connectivity index (χ1n) is 7.77. The van der Waals surface area contributed by atoms with Gasteiger partial charge in [0.1, 0.15) is 28.7 Å². The van der Waals surface area contributed by atoms with Crippen LogP contribution in [0.5, 0.6) is 28.7 Å². The van der Waals surface area contributed by atoms with Crippen molar-refractivity contribution >= 4 is 12.2 Å². The molecule has 25 heavy (non-hydrogen) atoms. The fourth-order valence-corrected chi connectivity index (χ4v) is 2.37. The van der Waals surface area contributed by atoms with Gasteiger partial charge in [-0.3, -0.25) is 0 Å². The van der Waals surface area contributed by atoms with Crippen molar-refractivity contribution in [1.29, 1.82) is 0 Å². The van der Waals surface area contributed by atoms with Crippen LogP contribution in [0.2, 0.25) is 0 Å². The number of phenols is 2. The van der Waals surface area contributed by atoms with Gasteiger partial charge in [-0.05, 0) is 42.5 Å². The molecule has 0 bridgehead atoms. The Morgan fingerprint density at radius 1 is 0.720 bits per heavy atom. The van der Waals surface area contributed by atoms with Crippen LogP contribution in [0.4, 0.5) is 0 Å². The molecule has 0 heterocycles. The van der Waals surface area contributed by atoms with Crippen LogP contribution in [0, 0.1) is 0 Å². The summed E-state index contributed by atoms with van der Waals surface area (Å²) in [5.41, 5.74) is 1.74. The van der Waals surface area contributed by atoms with Crippen molar-refractivity contribution in [3.05, 3.63) is 77.9 Å². The van der Waals surface area contributed by atoms with E-state index >= 15 is 0 Å². The van der Waals surface area contributed by atoms with E-state index in [0.29, 0.717) is 17.2 Å². The highest BCUT2D eigenvalue weighted by molar-refractivity contribution is 5.75. The molecule has 0 aliphatic rings. The van der Waals surface area contributed by atoms with E-state index in [4.69, 9.17) is 9.47 Å². The summed E-state index contributed by atoms with van der Waals surface area (Å²) in [5.74, 6) is 2.28. The molecule has 4 heteroatoms. The second-order valence-electron chi connectivity index (χ2n) is 5.39. The van der Waals surface area contributed by atoms with E-state index in [-0.39, 0.29) is 11.5 Å². The number of para-hydroxylation sites is 1. The van der Waals surface area contributed by atoms with Crippen molar-refractivity contribution < 1.29 is 19.7 Å². The van der Waals surface area contributed by atoms with Gasteiger partial charge in [-0.25, -0.2) is 0 Å². The summed E-state index contributed by atoms with van der Waals surface area (Å²) in [6.45, 7) is 0. The van der Waals surface area contributed by atoms with Crippen LogP contribution in [0.25, 0.3) is 12.2 Å². The molecule has 3 aromatic carbocycles. The average molecular weight is 334 g/mol. The van der Waals surface area contributed by atoms with Crippen LogP contribution in [-0.2, 0) is 0 Å². The Kier molecular flexibility index (Phi) is 4.90. The molecule has 0 spiro atoms. The zero-order chi connectivity index (χ0) is 17.6. The van der Waals surface area contributed by atoms with Crippen LogP contribution in [-0.4, -0.2) is 17.3 Å². The van der Waals surface area contributed by atoms with Gasteiger partial charge in [0.15, 0.2) is 0 Å². The standard InChI is InChI=1S/C21H18O4/c1-24-21-14-18(23)9-8-16(21)7-6-15-4-2-3-5-20(15)25-19-12-10-17(22)11-13-19/h2-14,22-23H,1H3/b7-6-. The molecular formula is C21H18O4. The minimum absolute atomic E-state index is 0.157. The zero-order valence-electron chi connectivity index (χ0n) is 13.7. The number of benzene rings is 3. The number of aromatic hydroxyl groups is 2. The molecule has 0 unspecified atom stereocenters. The molecule has 2 N–H and O–H groups in total. The average Bonchev–Trinajstić information content (AvgIpc) is 2.63. The van der Waals surface area contributed by atoms with Crippen LogP contribution >= 0.6 is 0 Å². The number of hydrogen-bond donors (Lipinski definition) is 2. The normalized spacial score (nSPS) is 10.8. The van der Waals surface area contributed by atoms with Crippen LogP contribution in [0.1, 0.15) is 11.1 Å². The predicted octanol–water partition coefficient (Wildman–Crippen LogP) is 5.07. The highest BCUT2D eigenvalue weighted by Gasteiger charge is 2.04. The van der Waals surface area contributed by atoms with Gasteiger partial charge in [0.2, 0.25) is 0 Å². The summed E-state index contributed by atoms with van der Waals surface area (Å²) in [7, 11) is 1.56. The van der Waals surface area contributed by atoms with Crippen molar-refractivity contribution in [2.45, 2.75) is 0 Å². The monoisotopic (exact) mass is 334 g/mol. The maximum absolute atomic E-state index is 9.54. The molecule has 126 valence electrons. The van der Waals surface area contributed by atoms with E-state index in [0.717, 1.165) is 11.1 Å². The first kappa shape index (κ1) is 16.5. The molecule has 0 saturated heterocycles. The Balaban J connectivity index is 1.87. The topological polar surface area (TPSA) is 58.9 Å². The summed E-state index contributed by atoms with van der Waals surface area (Å²) in [4.78, 5) is 0. The van der Waals surface area contributed by atoms with Crippen molar-refractivity contribution in [2.24, 2.45) is 0 Å². The van der Waals surface area contributed by atoms with Gasteiger partial charge >= 0.3 is 0 Å². The zero-order valence-corrected chi connectivity index (χ0v) is 13.7. The Labute approximate surface area is 146 Å². The molecule has 0 amide bonds. The molecule has 4 nitrogen and oxygen atoms in total. The van der Waals surface area contributed by atoms with Gasteiger partial charge in [0.25, 0.3) is 0 Å². The molecule has 0 aromatic heterocycles. The molecule has 0 saturated carbocycles. The summed E-state index contributed by atoms with van der Waals surface area (Å²) in [6, 6.07) is 19.2. The third-order valence-corrected chi connectivity index (χ3v) is 3.64.